The first-order chi connectivity index (χ1) is 10.7. The third-order valence-corrected chi connectivity index (χ3v) is 4.13. The molecule has 6 heteroatoms. The van der Waals surface area contributed by atoms with Gasteiger partial charge in [0, 0.05) is 36.9 Å². The van der Waals surface area contributed by atoms with Crippen LogP contribution in [-0.4, -0.2) is 43.5 Å². The maximum absolute atomic E-state index is 11.8. The lowest BCUT2D eigenvalue weighted by Gasteiger charge is -2.24. The van der Waals surface area contributed by atoms with Gasteiger partial charge in [-0.05, 0) is 24.8 Å². The van der Waals surface area contributed by atoms with E-state index in [0.29, 0.717) is 13.0 Å². The molecule has 0 spiro atoms. The van der Waals surface area contributed by atoms with Crippen molar-refractivity contribution in [1.29, 1.82) is 0 Å². The zero-order chi connectivity index (χ0) is 15.8. The number of guanidine groups is 1. The second-order valence-electron chi connectivity index (χ2n) is 5.18. The number of anilines is 1. The van der Waals surface area contributed by atoms with E-state index in [2.05, 4.69) is 40.2 Å². The molecule has 1 aliphatic rings. The van der Waals surface area contributed by atoms with E-state index >= 15 is 0 Å². The Morgan fingerprint density at radius 2 is 2.23 bits per heavy atom. The van der Waals surface area contributed by atoms with Crippen molar-refractivity contribution in [3.05, 3.63) is 29.8 Å². The summed E-state index contributed by atoms with van der Waals surface area (Å²) >= 11 is 1.80. The maximum Gasteiger partial charge on any atom is 0.225 e. The maximum atomic E-state index is 11.8. The van der Waals surface area contributed by atoms with Crippen LogP contribution in [0.25, 0.3) is 0 Å². The lowest BCUT2D eigenvalue weighted by Crippen LogP contribution is -2.39. The fourth-order valence-corrected chi connectivity index (χ4v) is 2.79. The highest BCUT2D eigenvalue weighted by Crippen LogP contribution is 2.31. The number of nitrogens with one attached hydrogen (secondary N) is 3. The van der Waals surface area contributed by atoms with Gasteiger partial charge in [0.2, 0.25) is 5.91 Å². The largest absolute Gasteiger partial charge is 0.357 e. The molecule has 0 aliphatic carbocycles. The molecular weight excluding hydrogens is 296 g/mol. The number of carbonyl (C=O) groups is 1. The summed E-state index contributed by atoms with van der Waals surface area (Å²) < 4.78 is 0. The van der Waals surface area contributed by atoms with Crippen LogP contribution in [0.4, 0.5) is 5.69 Å². The van der Waals surface area contributed by atoms with Crippen molar-refractivity contribution in [2.45, 2.75) is 19.3 Å². The highest BCUT2D eigenvalue weighted by atomic mass is 32.2. The van der Waals surface area contributed by atoms with E-state index in [4.69, 9.17) is 0 Å². The van der Waals surface area contributed by atoms with Crippen LogP contribution in [0.3, 0.4) is 0 Å². The minimum absolute atomic E-state index is 0.0687. The second kappa shape index (κ2) is 8.68. The first-order valence-corrected chi connectivity index (χ1v) is 9.04. The molecule has 1 atom stereocenters. The Balaban J connectivity index is 2.04. The molecule has 0 fully saturated rings. The summed E-state index contributed by atoms with van der Waals surface area (Å²) in [6.45, 7) is 4.37. The number of para-hydroxylation sites is 1. The molecule has 120 valence electrons. The van der Waals surface area contributed by atoms with Gasteiger partial charge < -0.3 is 16.0 Å². The molecule has 1 heterocycles. The molecule has 5 nitrogen and oxygen atoms in total. The summed E-state index contributed by atoms with van der Waals surface area (Å²) in [7, 11) is 0. The monoisotopic (exact) mass is 320 g/mol. The Morgan fingerprint density at radius 1 is 1.41 bits per heavy atom. The van der Waals surface area contributed by atoms with Crippen LogP contribution >= 0.6 is 11.8 Å². The van der Waals surface area contributed by atoms with Gasteiger partial charge in [-0.2, -0.15) is 11.8 Å². The summed E-state index contributed by atoms with van der Waals surface area (Å²) in [4.78, 5) is 16.5. The smallest absolute Gasteiger partial charge is 0.225 e. The molecule has 1 unspecified atom stereocenters. The van der Waals surface area contributed by atoms with Crippen molar-refractivity contribution >= 4 is 29.3 Å². The summed E-state index contributed by atoms with van der Waals surface area (Å²) in [5, 5.41) is 9.48. The number of hydrogen-bond donors (Lipinski definition) is 3. The summed E-state index contributed by atoms with van der Waals surface area (Å²) in [5.74, 6) is 2.07. The van der Waals surface area contributed by atoms with Crippen LogP contribution in [0.15, 0.2) is 29.3 Å². The molecule has 0 saturated heterocycles. The number of thioether (sulfide) groups is 1. The van der Waals surface area contributed by atoms with Gasteiger partial charge in [0.25, 0.3) is 0 Å². The Kier molecular flexibility index (Phi) is 6.58. The van der Waals surface area contributed by atoms with Crippen molar-refractivity contribution in [3.63, 3.8) is 0 Å². The Hall–Kier alpha value is -1.69. The zero-order valence-corrected chi connectivity index (χ0v) is 14.0. The van der Waals surface area contributed by atoms with Gasteiger partial charge in [0.05, 0.1) is 6.54 Å². The number of carbonyl (C=O) groups excluding carboxylic acids is 1. The van der Waals surface area contributed by atoms with Crippen LogP contribution in [0.2, 0.25) is 0 Å². The lowest BCUT2D eigenvalue weighted by atomic mass is 9.91. The number of benzene rings is 1. The van der Waals surface area contributed by atoms with Crippen molar-refractivity contribution in [2.24, 2.45) is 4.99 Å². The van der Waals surface area contributed by atoms with E-state index in [1.807, 2.05) is 18.2 Å². The molecule has 0 bridgehead atoms. The number of hydrogen-bond acceptors (Lipinski definition) is 3. The minimum Gasteiger partial charge on any atom is -0.357 e. The van der Waals surface area contributed by atoms with Crippen molar-refractivity contribution in [3.8, 4) is 0 Å². The van der Waals surface area contributed by atoms with E-state index in [1.54, 1.807) is 11.8 Å². The molecule has 22 heavy (non-hydrogen) atoms. The van der Waals surface area contributed by atoms with Crippen LogP contribution in [0.1, 0.15) is 24.8 Å². The minimum atomic E-state index is 0.0687. The predicted octanol–water partition coefficient (Wildman–Crippen LogP) is 2.03. The fraction of sp³-hybridized carbons (Fsp3) is 0.500. The first-order valence-electron chi connectivity index (χ1n) is 7.64. The third-order valence-electron chi connectivity index (χ3n) is 3.52. The van der Waals surface area contributed by atoms with Crippen LogP contribution < -0.4 is 16.0 Å². The Morgan fingerprint density at radius 3 is 3.00 bits per heavy atom. The van der Waals surface area contributed by atoms with Gasteiger partial charge in [-0.1, -0.05) is 18.2 Å². The van der Waals surface area contributed by atoms with Crippen molar-refractivity contribution in [1.82, 2.24) is 10.6 Å². The standard InChI is InChI=1S/C16H24N4OS/c1-3-17-16(18-8-9-22-2)19-11-12-10-15(21)20-14-7-5-4-6-13(12)14/h4-7,12H,3,8-11H2,1-2H3,(H,20,21)(H2,17,18,19). The van der Waals surface area contributed by atoms with Crippen LogP contribution in [0.5, 0.6) is 0 Å². The lowest BCUT2D eigenvalue weighted by molar-refractivity contribution is -0.116. The zero-order valence-electron chi connectivity index (χ0n) is 13.2. The van der Waals surface area contributed by atoms with Crippen molar-refractivity contribution < 1.29 is 4.79 Å². The first kappa shape index (κ1) is 16.7. The normalized spacial score (nSPS) is 17.6. The predicted molar refractivity (Wildman–Crippen MR) is 94.8 cm³/mol. The SMILES string of the molecule is CCNC(=NCC1CC(=O)Nc2ccccc21)NCCSC. The van der Waals surface area contributed by atoms with Crippen LogP contribution in [-0.2, 0) is 4.79 Å². The van der Waals surface area contributed by atoms with Gasteiger partial charge in [0.1, 0.15) is 0 Å². The second-order valence-corrected chi connectivity index (χ2v) is 6.16. The number of fused-ring (bicyclic) bond motifs is 1. The quantitative estimate of drug-likeness (QED) is 0.426. The summed E-state index contributed by atoms with van der Waals surface area (Å²) in [6.07, 6.45) is 2.58. The van der Waals surface area contributed by atoms with Gasteiger partial charge in [-0.15, -0.1) is 0 Å². The molecular formula is C16H24N4OS. The van der Waals surface area contributed by atoms with Crippen LogP contribution in [0, 0.1) is 0 Å². The number of amides is 1. The Labute approximate surface area is 136 Å². The third kappa shape index (κ3) is 4.66. The number of nitrogens with zero attached hydrogens (tertiary/aromatic N) is 1. The number of rotatable bonds is 6. The van der Waals surface area contributed by atoms with Gasteiger partial charge in [-0.3, -0.25) is 9.79 Å². The molecule has 1 aliphatic heterocycles. The fourth-order valence-electron chi connectivity index (χ4n) is 2.48. The van der Waals surface area contributed by atoms with Gasteiger partial charge in [-0.25, -0.2) is 0 Å². The molecule has 1 aromatic carbocycles. The molecule has 0 saturated carbocycles. The molecule has 0 radical (unpaired) electrons. The van der Waals surface area contributed by atoms with E-state index in [9.17, 15) is 4.79 Å². The van der Waals surface area contributed by atoms with Gasteiger partial charge >= 0.3 is 0 Å². The van der Waals surface area contributed by atoms with Gasteiger partial charge in [0.15, 0.2) is 5.96 Å². The van der Waals surface area contributed by atoms with Crippen molar-refractivity contribution in [2.75, 3.05) is 37.0 Å². The molecule has 0 aromatic heterocycles. The molecule has 1 aromatic rings. The average molecular weight is 320 g/mol. The molecule has 2 rings (SSSR count). The van der Waals surface area contributed by atoms with E-state index < -0.39 is 0 Å². The highest BCUT2D eigenvalue weighted by molar-refractivity contribution is 7.98. The average Bonchev–Trinajstić information content (AvgIpc) is 2.52. The topological polar surface area (TPSA) is 65.5 Å². The van der Waals surface area contributed by atoms with E-state index in [-0.39, 0.29) is 11.8 Å². The van der Waals surface area contributed by atoms with E-state index in [0.717, 1.165) is 30.5 Å². The number of aliphatic imine (C=N–C) groups is 1. The summed E-state index contributed by atoms with van der Waals surface area (Å²) in [5.41, 5.74) is 2.09. The Bertz CT molecular complexity index is 533. The van der Waals surface area contributed by atoms with E-state index in [1.165, 1.54) is 5.56 Å². The molecule has 1 amide bonds. The summed E-state index contributed by atoms with van der Waals surface area (Å²) in [6, 6.07) is 7.97. The highest BCUT2D eigenvalue weighted by Gasteiger charge is 2.24. The molecule has 3 N–H and O–H groups in total.